The highest BCUT2D eigenvalue weighted by Gasteiger charge is 2.47. The van der Waals surface area contributed by atoms with Crippen molar-refractivity contribution in [2.75, 3.05) is 38.3 Å². The summed E-state index contributed by atoms with van der Waals surface area (Å²) in [5.74, 6) is -2.25. The quantitative estimate of drug-likeness (QED) is 0.360. The lowest BCUT2D eigenvalue weighted by molar-refractivity contribution is -0.140. The van der Waals surface area contributed by atoms with E-state index in [9.17, 15) is 27.9 Å². The van der Waals surface area contributed by atoms with Crippen LogP contribution in [0.4, 0.5) is 0 Å². The highest BCUT2D eigenvalue weighted by molar-refractivity contribution is 7.90. The molecule has 39 heavy (non-hydrogen) atoms. The van der Waals surface area contributed by atoms with Gasteiger partial charge >= 0.3 is 0 Å². The maximum atomic E-state index is 14.2. The minimum Gasteiger partial charge on any atom is -0.383 e. The Morgan fingerprint density at radius 3 is 2.18 bits per heavy atom. The molecule has 1 aliphatic rings. The zero-order valence-electron chi connectivity index (χ0n) is 22.5. The number of morpholine rings is 1. The second kappa shape index (κ2) is 13.8. The molecule has 1 saturated heterocycles. The number of unbranched alkanes of at least 4 members (excludes halogenated alkanes) is 1. The number of sulfone groups is 1. The van der Waals surface area contributed by atoms with Gasteiger partial charge in [-0.1, -0.05) is 80.4 Å². The monoisotopic (exact) mass is 558 g/mol. The molecule has 10 heteroatoms. The van der Waals surface area contributed by atoms with E-state index in [1.54, 1.807) is 65.6 Å². The summed E-state index contributed by atoms with van der Waals surface area (Å²) in [7, 11) is -3.77. The average Bonchev–Trinajstić information content (AvgIpc) is 2.94. The van der Waals surface area contributed by atoms with E-state index in [0.29, 0.717) is 50.3 Å². The number of carbonyl (C=O) groups is 3. The van der Waals surface area contributed by atoms with Crippen LogP contribution in [0.3, 0.4) is 0 Å². The Labute approximate surface area is 230 Å². The Kier molecular flexibility index (Phi) is 10.8. The smallest absolute Gasteiger partial charge is 0.232 e. The summed E-state index contributed by atoms with van der Waals surface area (Å²) in [5.41, 5.74) is -1.11. The number of hydrogen-bond donors (Lipinski definition) is 2. The zero-order chi connectivity index (χ0) is 28.5. The first-order valence-corrected chi connectivity index (χ1v) is 15.3. The number of ketones is 1. The lowest BCUT2D eigenvalue weighted by Crippen LogP contribution is -2.57. The summed E-state index contributed by atoms with van der Waals surface area (Å²) in [5, 5.41) is 13.9. The van der Waals surface area contributed by atoms with Crippen LogP contribution in [0, 0.1) is 0 Å². The molecule has 2 amide bonds. The maximum absolute atomic E-state index is 14.2. The minimum absolute atomic E-state index is 0.295. The molecular formula is C29H38N2O7S. The average molecular weight is 559 g/mol. The molecule has 0 aliphatic carbocycles. The molecule has 1 aliphatic heterocycles. The van der Waals surface area contributed by atoms with Crippen molar-refractivity contribution in [3.05, 3.63) is 71.8 Å². The van der Waals surface area contributed by atoms with Crippen LogP contribution in [-0.4, -0.2) is 86.5 Å². The third-order valence-electron chi connectivity index (χ3n) is 6.98. The van der Waals surface area contributed by atoms with E-state index in [1.165, 1.54) is 0 Å². The van der Waals surface area contributed by atoms with Crippen LogP contribution >= 0.6 is 0 Å². The molecule has 0 bridgehead atoms. The van der Waals surface area contributed by atoms with Gasteiger partial charge < -0.3 is 20.1 Å². The summed E-state index contributed by atoms with van der Waals surface area (Å²) in [4.78, 5) is 42.3. The van der Waals surface area contributed by atoms with Crippen molar-refractivity contribution >= 4 is 27.4 Å². The van der Waals surface area contributed by atoms with E-state index in [1.807, 2.05) is 6.92 Å². The van der Waals surface area contributed by atoms with Crippen LogP contribution < -0.4 is 5.32 Å². The predicted molar refractivity (Wildman–Crippen MR) is 148 cm³/mol. The van der Waals surface area contributed by atoms with Crippen LogP contribution in [0.1, 0.15) is 48.5 Å². The second-order valence-electron chi connectivity index (χ2n) is 10.1. The standard InChI is InChI=1S/C29H38N2O7S/c1-3-4-15-24(27(34)26(33)22-11-7-5-8-12-22)30-28(35)29(21-39(2,36)37,23-13-9-6-10-14-23)20-25(32)31-16-18-38-19-17-31/h5-14,24,27,34H,3-4,15-21H2,1-2H3,(H,30,35). The number of hydrogen-bond acceptors (Lipinski definition) is 7. The molecule has 2 N–H and O–H groups in total. The molecule has 0 aromatic heterocycles. The number of carbonyl (C=O) groups excluding carboxylic acids is 3. The molecule has 2 aromatic carbocycles. The van der Waals surface area contributed by atoms with E-state index in [2.05, 4.69) is 5.32 Å². The molecule has 0 saturated carbocycles. The number of Topliss-reactive ketones (excluding diaryl/α,β-unsaturated/α-hetero) is 1. The summed E-state index contributed by atoms with van der Waals surface area (Å²) in [6.07, 6.45) is 0.745. The number of ether oxygens (including phenoxy) is 1. The Hall–Kier alpha value is -3.08. The van der Waals surface area contributed by atoms with Crippen molar-refractivity contribution in [3.63, 3.8) is 0 Å². The van der Waals surface area contributed by atoms with Gasteiger partial charge in [-0.25, -0.2) is 8.42 Å². The maximum Gasteiger partial charge on any atom is 0.232 e. The largest absolute Gasteiger partial charge is 0.383 e. The summed E-state index contributed by atoms with van der Waals surface area (Å²) < 4.78 is 30.8. The van der Waals surface area contributed by atoms with Gasteiger partial charge in [-0.15, -0.1) is 0 Å². The summed E-state index contributed by atoms with van der Waals surface area (Å²) >= 11 is 0. The van der Waals surface area contributed by atoms with E-state index in [-0.39, 0.29) is 12.3 Å². The van der Waals surface area contributed by atoms with Gasteiger partial charge in [0, 0.05) is 31.3 Å². The van der Waals surface area contributed by atoms with Gasteiger partial charge in [0.15, 0.2) is 5.78 Å². The van der Waals surface area contributed by atoms with Gasteiger partial charge in [0.05, 0.1) is 30.4 Å². The highest BCUT2D eigenvalue weighted by Crippen LogP contribution is 2.32. The molecule has 3 unspecified atom stereocenters. The molecule has 9 nitrogen and oxygen atoms in total. The van der Waals surface area contributed by atoms with E-state index in [4.69, 9.17) is 4.74 Å². The van der Waals surface area contributed by atoms with Gasteiger partial charge in [0.2, 0.25) is 11.8 Å². The van der Waals surface area contributed by atoms with Crippen LogP contribution in [0.15, 0.2) is 60.7 Å². The Balaban J connectivity index is 2.02. The van der Waals surface area contributed by atoms with Crippen LogP contribution in [0.25, 0.3) is 0 Å². The molecular weight excluding hydrogens is 520 g/mol. The number of aliphatic hydroxyl groups excluding tert-OH is 1. The van der Waals surface area contributed by atoms with E-state index in [0.717, 1.165) is 12.7 Å². The summed E-state index contributed by atoms with van der Waals surface area (Å²) in [6, 6.07) is 15.7. The van der Waals surface area contributed by atoms with Crippen LogP contribution in [-0.2, 0) is 29.6 Å². The van der Waals surface area contributed by atoms with Crippen molar-refractivity contribution in [2.24, 2.45) is 0 Å². The molecule has 0 spiro atoms. The fourth-order valence-corrected chi connectivity index (χ4v) is 6.19. The molecule has 1 heterocycles. The molecule has 0 radical (unpaired) electrons. The van der Waals surface area contributed by atoms with Gasteiger partial charge in [-0.3, -0.25) is 14.4 Å². The number of nitrogens with one attached hydrogen (secondary N) is 1. The lowest BCUT2D eigenvalue weighted by Gasteiger charge is -2.37. The van der Waals surface area contributed by atoms with Gasteiger partial charge in [0.1, 0.15) is 15.9 Å². The highest BCUT2D eigenvalue weighted by atomic mass is 32.2. The number of aliphatic hydroxyl groups is 1. The van der Waals surface area contributed by atoms with Crippen LogP contribution in [0.2, 0.25) is 0 Å². The van der Waals surface area contributed by atoms with Gasteiger partial charge in [-0.2, -0.15) is 0 Å². The topological polar surface area (TPSA) is 130 Å². The number of benzene rings is 2. The third-order valence-corrected chi connectivity index (χ3v) is 8.00. The third kappa shape index (κ3) is 8.20. The van der Waals surface area contributed by atoms with Crippen LogP contribution in [0.5, 0.6) is 0 Å². The normalized spacial score (nSPS) is 17.1. The second-order valence-corrected chi connectivity index (χ2v) is 12.2. The first kappa shape index (κ1) is 30.5. The Bertz CT molecular complexity index is 1210. The van der Waals surface area contributed by atoms with Gasteiger partial charge in [0.25, 0.3) is 0 Å². The Morgan fingerprint density at radius 1 is 1.03 bits per heavy atom. The fraction of sp³-hybridized carbons (Fsp3) is 0.483. The summed E-state index contributed by atoms with van der Waals surface area (Å²) in [6.45, 7) is 3.34. The SMILES string of the molecule is CCCCC(NC(=O)C(CC(=O)N1CCOCC1)(CS(C)(=O)=O)c1ccccc1)C(O)C(=O)c1ccccc1. The first-order chi connectivity index (χ1) is 18.6. The fourth-order valence-electron chi connectivity index (χ4n) is 4.90. The van der Waals surface area contributed by atoms with E-state index < -0.39 is 44.8 Å². The predicted octanol–water partition coefficient (Wildman–Crippen LogP) is 2.14. The number of nitrogens with zero attached hydrogens (tertiary/aromatic N) is 1. The Morgan fingerprint density at radius 2 is 1.62 bits per heavy atom. The molecule has 212 valence electrons. The van der Waals surface area contributed by atoms with Crippen molar-refractivity contribution in [2.45, 2.75) is 50.2 Å². The van der Waals surface area contributed by atoms with Crippen molar-refractivity contribution in [3.8, 4) is 0 Å². The number of amides is 2. The van der Waals surface area contributed by atoms with Gasteiger partial charge in [-0.05, 0) is 12.0 Å². The molecule has 3 rings (SSSR count). The molecule has 3 atom stereocenters. The lowest BCUT2D eigenvalue weighted by atomic mass is 9.77. The van der Waals surface area contributed by atoms with Crippen molar-refractivity contribution in [1.82, 2.24) is 10.2 Å². The van der Waals surface area contributed by atoms with Crippen molar-refractivity contribution in [1.29, 1.82) is 0 Å². The van der Waals surface area contributed by atoms with E-state index >= 15 is 0 Å². The first-order valence-electron chi connectivity index (χ1n) is 13.2. The molecule has 1 fully saturated rings. The number of rotatable bonds is 13. The molecule has 2 aromatic rings. The van der Waals surface area contributed by atoms with Crippen molar-refractivity contribution < 1.29 is 32.6 Å². The minimum atomic E-state index is -3.77. The zero-order valence-corrected chi connectivity index (χ0v) is 23.4.